The van der Waals surface area contributed by atoms with Gasteiger partial charge in [0.25, 0.3) is 0 Å². The molecule has 2 heteroatoms. The molecule has 1 aliphatic rings. The van der Waals surface area contributed by atoms with Crippen molar-refractivity contribution in [3.63, 3.8) is 0 Å². The Balaban J connectivity index is 2.07. The third-order valence-corrected chi connectivity index (χ3v) is 2.65. The van der Waals surface area contributed by atoms with E-state index in [1.807, 2.05) is 18.2 Å². The largest absolute Gasteiger partial charge is 0.364 e. The molecule has 1 saturated carbocycles. The topological polar surface area (TPSA) is 26.0 Å². The Kier molecular flexibility index (Phi) is 1.66. The Morgan fingerprint density at radius 2 is 1.93 bits per heavy atom. The Morgan fingerprint density at radius 3 is 2.64 bits per heavy atom. The summed E-state index contributed by atoms with van der Waals surface area (Å²) in [6.07, 6.45) is 4.27. The quantitative estimate of drug-likeness (QED) is 0.718. The molecule has 1 aromatic carbocycles. The molecule has 1 heterocycles. The van der Waals surface area contributed by atoms with Crippen molar-refractivity contribution in [2.24, 2.45) is 0 Å². The normalized spacial score (nSPS) is 15.7. The van der Waals surface area contributed by atoms with Crippen LogP contribution in [0.3, 0.4) is 0 Å². The van der Waals surface area contributed by atoms with Gasteiger partial charge < -0.3 is 4.52 Å². The molecule has 1 fully saturated rings. The van der Waals surface area contributed by atoms with Crippen LogP contribution in [0.15, 0.2) is 41.1 Å². The van der Waals surface area contributed by atoms with Gasteiger partial charge in [-0.1, -0.05) is 35.5 Å². The van der Waals surface area contributed by atoms with E-state index in [1.165, 1.54) is 18.4 Å². The maximum Gasteiger partial charge on any atom is 0.131 e. The monoisotopic (exact) mass is 185 g/mol. The lowest BCUT2D eigenvalue weighted by Crippen LogP contribution is -1.83. The van der Waals surface area contributed by atoms with Crippen LogP contribution in [0.2, 0.25) is 0 Å². The number of nitrogens with zero attached hydrogens (tertiary/aromatic N) is 1. The summed E-state index contributed by atoms with van der Waals surface area (Å²) < 4.78 is 5.05. The third kappa shape index (κ3) is 1.23. The Morgan fingerprint density at radius 1 is 1.14 bits per heavy atom. The summed E-state index contributed by atoms with van der Waals surface area (Å²) >= 11 is 0. The average Bonchev–Trinajstić information content (AvgIpc) is 2.98. The maximum absolute atomic E-state index is 5.05. The highest BCUT2D eigenvalue weighted by Gasteiger charge is 2.29. The summed E-state index contributed by atoms with van der Waals surface area (Å²) in [6, 6.07) is 10.3. The highest BCUT2D eigenvalue weighted by molar-refractivity contribution is 5.65. The molecule has 14 heavy (non-hydrogen) atoms. The van der Waals surface area contributed by atoms with E-state index in [-0.39, 0.29) is 0 Å². The van der Waals surface area contributed by atoms with Crippen LogP contribution in [-0.2, 0) is 0 Å². The van der Waals surface area contributed by atoms with Crippen LogP contribution in [0, 0.1) is 0 Å². The predicted octanol–water partition coefficient (Wildman–Crippen LogP) is 3.22. The number of benzene rings is 1. The molecule has 1 aromatic heterocycles. The predicted molar refractivity (Wildman–Crippen MR) is 53.9 cm³/mol. The first kappa shape index (κ1) is 7.80. The van der Waals surface area contributed by atoms with Crippen LogP contribution in [-0.4, -0.2) is 5.16 Å². The van der Waals surface area contributed by atoms with Gasteiger partial charge in [-0.2, -0.15) is 0 Å². The van der Waals surface area contributed by atoms with Gasteiger partial charge in [0.2, 0.25) is 0 Å². The van der Waals surface area contributed by atoms with Crippen LogP contribution in [0.1, 0.15) is 24.5 Å². The molecule has 1 aliphatic carbocycles. The smallest absolute Gasteiger partial charge is 0.131 e. The highest BCUT2D eigenvalue weighted by atomic mass is 16.5. The summed E-state index contributed by atoms with van der Waals surface area (Å²) in [6.45, 7) is 0. The molecule has 2 nitrogen and oxygen atoms in total. The zero-order valence-electron chi connectivity index (χ0n) is 7.81. The van der Waals surface area contributed by atoms with Gasteiger partial charge in [0.1, 0.15) is 6.26 Å². The minimum Gasteiger partial charge on any atom is -0.364 e. The lowest BCUT2D eigenvalue weighted by atomic mass is 10.0. The molecule has 0 N–H and O–H groups in total. The Bertz CT molecular complexity index is 429. The van der Waals surface area contributed by atoms with E-state index in [1.54, 1.807) is 6.26 Å². The molecule has 3 rings (SSSR count). The molecule has 70 valence electrons. The molecule has 0 unspecified atom stereocenters. The fourth-order valence-corrected chi connectivity index (χ4v) is 1.73. The Labute approximate surface area is 82.5 Å². The number of rotatable bonds is 2. The fraction of sp³-hybridized carbons (Fsp3) is 0.250. The first-order valence-electron chi connectivity index (χ1n) is 4.95. The van der Waals surface area contributed by atoms with Crippen LogP contribution in [0.5, 0.6) is 0 Å². The molecule has 0 atom stereocenters. The van der Waals surface area contributed by atoms with Gasteiger partial charge in [-0.3, -0.25) is 0 Å². The van der Waals surface area contributed by atoms with Crippen LogP contribution in [0.4, 0.5) is 0 Å². The summed E-state index contributed by atoms with van der Waals surface area (Å²) in [5, 5.41) is 4.08. The first-order chi connectivity index (χ1) is 6.95. The van der Waals surface area contributed by atoms with Crippen LogP contribution >= 0.6 is 0 Å². The van der Waals surface area contributed by atoms with Crippen molar-refractivity contribution < 1.29 is 4.52 Å². The highest BCUT2D eigenvalue weighted by Crippen LogP contribution is 2.43. The molecule has 0 spiro atoms. The van der Waals surface area contributed by atoms with Gasteiger partial charge in [-0.25, -0.2) is 0 Å². The lowest BCUT2D eigenvalue weighted by molar-refractivity contribution is 0.412. The zero-order chi connectivity index (χ0) is 9.38. The van der Waals surface area contributed by atoms with Crippen LogP contribution in [0.25, 0.3) is 11.1 Å². The van der Waals surface area contributed by atoms with Crippen molar-refractivity contribution in [3.8, 4) is 11.1 Å². The maximum atomic E-state index is 5.05. The molecule has 0 saturated heterocycles. The summed E-state index contributed by atoms with van der Waals surface area (Å²) in [7, 11) is 0. The second-order valence-electron chi connectivity index (χ2n) is 3.75. The van der Waals surface area contributed by atoms with Gasteiger partial charge in [-0.15, -0.1) is 0 Å². The molecular formula is C12H11NO. The average molecular weight is 185 g/mol. The van der Waals surface area contributed by atoms with E-state index in [9.17, 15) is 0 Å². The van der Waals surface area contributed by atoms with Gasteiger partial charge in [0.15, 0.2) is 0 Å². The Hall–Kier alpha value is -1.57. The fourth-order valence-electron chi connectivity index (χ4n) is 1.73. The molecule has 0 bridgehead atoms. The van der Waals surface area contributed by atoms with Gasteiger partial charge >= 0.3 is 0 Å². The second kappa shape index (κ2) is 2.98. The second-order valence-corrected chi connectivity index (χ2v) is 3.75. The summed E-state index contributed by atoms with van der Waals surface area (Å²) in [5.74, 6) is 0.643. The standard InChI is InChI=1S/C12H11NO/c1-2-4-9(5-3-1)11-8-14-13-12(11)10-6-7-10/h1-5,8,10H,6-7H2. The van der Waals surface area contributed by atoms with Gasteiger partial charge in [0.05, 0.1) is 5.69 Å². The molecule has 2 aromatic rings. The third-order valence-electron chi connectivity index (χ3n) is 2.65. The molecule has 0 amide bonds. The van der Waals surface area contributed by atoms with E-state index < -0.39 is 0 Å². The SMILES string of the molecule is c1ccc(-c2conc2C2CC2)cc1. The molecular weight excluding hydrogens is 174 g/mol. The van der Waals surface area contributed by atoms with Crippen molar-refractivity contribution >= 4 is 0 Å². The molecule has 0 aliphatic heterocycles. The van der Waals surface area contributed by atoms with Crippen molar-refractivity contribution in [1.29, 1.82) is 0 Å². The minimum absolute atomic E-state index is 0.643. The first-order valence-corrected chi connectivity index (χ1v) is 4.95. The summed E-state index contributed by atoms with van der Waals surface area (Å²) in [4.78, 5) is 0. The zero-order valence-corrected chi connectivity index (χ0v) is 7.81. The minimum atomic E-state index is 0.643. The van der Waals surface area contributed by atoms with Crippen molar-refractivity contribution in [3.05, 3.63) is 42.3 Å². The summed E-state index contributed by atoms with van der Waals surface area (Å²) in [5.41, 5.74) is 3.50. The van der Waals surface area contributed by atoms with Gasteiger partial charge in [0, 0.05) is 11.5 Å². The van der Waals surface area contributed by atoms with E-state index in [2.05, 4.69) is 17.3 Å². The molecule has 0 radical (unpaired) electrons. The van der Waals surface area contributed by atoms with E-state index >= 15 is 0 Å². The van der Waals surface area contributed by atoms with E-state index in [0.717, 1.165) is 11.3 Å². The van der Waals surface area contributed by atoms with E-state index in [4.69, 9.17) is 4.52 Å². The lowest BCUT2D eigenvalue weighted by Gasteiger charge is -1.98. The van der Waals surface area contributed by atoms with E-state index in [0.29, 0.717) is 5.92 Å². The van der Waals surface area contributed by atoms with Crippen molar-refractivity contribution in [2.75, 3.05) is 0 Å². The van der Waals surface area contributed by atoms with Crippen LogP contribution < -0.4 is 0 Å². The number of hydrogen-bond donors (Lipinski definition) is 0. The number of aromatic nitrogens is 1. The van der Waals surface area contributed by atoms with Crippen molar-refractivity contribution in [2.45, 2.75) is 18.8 Å². The number of hydrogen-bond acceptors (Lipinski definition) is 2. The van der Waals surface area contributed by atoms with Gasteiger partial charge in [-0.05, 0) is 18.4 Å². The van der Waals surface area contributed by atoms with Crippen molar-refractivity contribution in [1.82, 2.24) is 5.16 Å².